The van der Waals surface area contributed by atoms with Crippen LogP contribution in [0.15, 0.2) is 77.3 Å². The summed E-state index contributed by atoms with van der Waals surface area (Å²) in [7, 11) is -1.51. The maximum Gasteiger partial charge on any atom is 0.488 e. The summed E-state index contributed by atoms with van der Waals surface area (Å²) in [5.74, 6) is -2.38. The lowest BCUT2D eigenvalue weighted by atomic mass is 9.63. The fourth-order valence-corrected chi connectivity index (χ4v) is 10.8. The summed E-state index contributed by atoms with van der Waals surface area (Å²) in [6, 6.07) is 19.1. The van der Waals surface area contributed by atoms with Gasteiger partial charge in [0.15, 0.2) is 0 Å². The number of amides is 2. The van der Waals surface area contributed by atoms with E-state index >= 15 is 0 Å². The van der Waals surface area contributed by atoms with Crippen molar-refractivity contribution < 1.29 is 57.1 Å². The van der Waals surface area contributed by atoms with Gasteiger partial charge in [-0.15, -0.1) is 0 Å². The minimum Gasteiger partial charge on any atom is -0.444 e. The molecule has 12 nitrogen and oxygen atoms in total. The molecule has 0 atom stereocenters. The van der Waals surface area contributed by atoms with Crippen molar-refractivity contribution in [2.45, 2.75) is 118 Å². The van der Waals surface area contributed by atoms with Crippen LogP contribution in [0.5, 0.6) is 0 Å². The lowest BCUT2D eigenvalue weighted by molar-refractivity contribution is -0.144. The Morgan fingerprint density at radius 1 is 0.571 bits per heavy atom. The lowest BCUT2D eigenvalue weighted by Gasteiger charge is -2.52. The van der Waals surface area contributed by atoms with E-state index in [1.54, 1.807) is 21.9 Å². The van der Waals surface area contributed by atoms with Gasteiger partial charge in [0.25, 0.3) is 0 Å². The molecule has 2 heterocycles. The molecule has 0 bridgehead atoms. The quantitative estimate of drug-likeness (QED) is 0.149. The topological polar surface area (TPSA) is 168 Å². The van der Waals surface area contributed by atoms with Crippen LogP contribution in [-0.4, -0.2) is 99.7 Å². The van der Waals surface area contributed by atoms with Crippen LogP contribution in [0.25, 0.3) is 11.1 Å². The minimum atomic E-state index is -1.51. The van der Waals surface area contributed by atoms with E-state index < -0.39 is 47.1 Å². The number of aryl methyl sites for hydroxylation is 4. The van der Waals surface area contributed by atoms with Gasteiger partial charge in [-0.2, -0.15) is 0 Å². The highest BCUT2D eigenvalue weighted by atomic mass is 79.9. The predicted molar refractivity (Wildman–Crippen MR) is 266 cm³/mol. The van der Waals surface area contributed by atoms with E-state index in [1.165, 1.54) is 36.4 Å². The molecule has 70 heavy (non-hydrogen) atoms. The zero-order valence-electron chi connectivity index (χ0n) is 41.5. The summed E-state index contributed by atoms with van der Waals surface area (Å²) in [6.45, 7) is 20.1. The van der Waals surface area contributed by atoms with Crippen molar-refractivity contribution in [3.8, 4) is 11.1 Å². The summed E-state index contributed by atoms with van der Waals surface area (Å²) in [4.78, 5) is 79.9. The molecule has 2 spiro atoms. The number of carbonyl (C=O) groups excluding carboxylic acids is 6. The number of nitrogens with zero attached hydrogens (tertiary/aromatic N) is 2. The van der Waals surface area contributed by atoms with Gasteiger partial charge < -0.3 is 29.3 Å². The van der Waals surface area contributed by atoms with Crippen LogP contribution < -0.4 is 5.46 Å². The minimum absolute atomic E-state index is 0.0383. The third-order valence-electron chi connectivity index (χ3n) is 13.0. The van der Waals surface area contributed by atoms with E-state index in [0.29, 0.717) is 44.5 Å². The molecule has 2 N–H and O–H groups in total. The first-order valence-corrected chi connectivity index (χ1v) is 24.1. The van der Waals surface area contributed by atoms with Gasteiger partial charge in [0.05, 0.1) is 0 Å². The molecule has 2 amide bonds. The molecular weight excluding hydrogens is 965 g/mol. The molecule has 4 aromatic rings. The van der Waals surface area contributed by atoms with Gasteiger partial charge >= 0.3 is 19.3 Å². The SMILES string of the molecule is Cc1cc(-c2ccc(F)cc2)cc(C)c1C1C(=O)CC2(CC1=O)CN(C(=O)OC(C)(C)C)C2.Cc1cc(Br)cc(C)c1C1C(=O)CC2(CC1=O)CN(C(=O)OC(C)(C)C)C2.OB(O)c1ccc(F)cc1. The number of Topliss-reactive ketones (excluding diaryl/α,β-unsaturated/α-hetero) is 4. The maximum atomic E-state index is 13.3. The molecular formula is C54H62BBrF2N2O10. The zero-order valence-corrected chi connectivity index (χ0v) is 43.1. The fourth-order valence-electron chi connectivity index (χ4n) is 10.2. The van der Waals surface area contributed by atoms with E-state index in [2.05, 4.69) is 15.9 Å². The first-order valence-electron chi connectivity index (χ1n) is 23.3. The van der Waals surface area contributed by atoms with E-state index in [9.17, 15) is 37.5 Å². The molecule has 2 aliphatic heterocycles. The molecule has 2 saturated carbocycles. The highest BCUT2D eigenvalue weighted by Gasteiger charge is 2.55. The van der Waals surface area contributed by atoms with Gasteiger partial charge in [-0.3, -0.25) is 19.2 Å². The number of ketones is 4. The van der Waals surface area contributed by atoms with Crippen LogP contribution in [0.3, 0.4) is 0 Å². The molecule has 2 aliphatic carbocycles. The fraction of sp³-hybridized carbons (Fsp3) is 0.444. The number of carbonyl (C=O) groups is 6. The van der Waals surface area contributed by atoms with E-state index in [1.807, 2.05) is 93.5 Å². The summed E-state index contributed by atoms with van der Waals surface area (Å²) in [5.41, 5.74) is 5.33. The largest absolute Gasteiger partial charge is 0.488 e. The molecule has 0 radical (unpaired) electrons. The number of benzene rings is 4. The standard InChI is InChI=1S/C27H30FNO4.C21H26BrNO4.C6H6BFO2/c1-16-10-19(18-6-8-20(28)9-7-18)11-17(2)23(16)24-21(30)12-27(13-22(24)31)14-29(15-27)25(32)33-26(3,4)5;1-12-6-14(22)7-13(2)17(12)18-15(24)8-21(9-16(18)25)10-23(11-21)19(26)27-20(3,4)5;8-6-3-1-5(2-4-6)7(9)10/h6-11,24H,12-15H2,1-5H3;6-7,18H,8-11H2,1-5H3;1-4,9-10H. The van der Waals surface area contributed by atoms with E-state index in [4.69, 9.17) is 19.5 Å². The maximum absolute atomic E-state index is 13.3. The van der Waals surface area contributed by atoms with Crippen molar-refractivity contribution in [1.82, 2.24) is 9.80 Å². The summed E-state index contributed by atoms with van der Waals surface area (Å²) in [6.07, 6.45) is 0.436. The Kier molecular flexibility index (Phi) is 15.9. The Hall–Kier alpha value is -5.58. The van der Waals surface area contributed by atoms with Gasteiger partial charge in [0.2, 0.25) is 0 Å². The highest BCUT2D eigenvalue weighted by Crippen LogP contribution is 2.48. The molecule has 0 aromatic heterocycles. The number of likely N-dealkylation sites (tertiary alicyclic amines) is 2. The normalized spacial score (nSPS) is 18.5. The van der Waals surface area contributed by atoms with Crippen LogP contribution in [0.2, 0.25) is 0 Å². The third-order valence-corrected chi connectivity index (χ3v) is 13.4. The first kappa shape index (κ1) is 53.8. The van der Waals surface area contributed by atoms with Gasteiger partial charge in [-0.1, -0.05) is 52.3 Å². The Balaban J connectivity index is 0.000000194. The summed E-state index contributed by atoms with van der Waals surface area (Å²) < 4.78 is 37.2. The average molecular weight is 1030 g/mol. The third kappa shape index (κ3) is 12.7. The van der Waals surface area contributed by atoms with E-state index in [0.717, 1.165) is 49.0 Å². The van der Waals surface area contributed by atoms with Crippen LogP contribution in [0.1, 0.15) is 112 Å². The monoisotopic (exact) mass is 1030 g/mol. The Bertz CT molecular complexity index is 2600. The molecule has 372 valence electrons. The predicted octanol–water partition coefficient (Wildman–Crippen LogP) is 9.19. The van der Waals surface area contributed by atoms with Crippen molar-refractivity contribution in [3.05, 3.63) is 122 Å². The first-order chi connectivity index (χ1) is 32.5. The molecule has 0 unspecified atom stereocenters. The van der Waals surface area contributed by atoms with Crippen molar-refractivity contribution in [2.75, 3.05) is 26.2 Å². The number of rotatable bonds is 4. The van der Waals surface area contributed by atoms with Gasteiger partial charge in [-0.05, 0) is 156 Å². The summed E-state index contributed by atoms with van der Waals surface area (Å²) in [5, 5.41) is 17.1. The lowest BCUT2D eigenvalue weighted by Crippen LogP contribution is -2.62. The number of hydrogen-bond acceptors (Lipinski definition) is 10. The highest BCUT2D eigenvalue weighted by molar-refractivity contribution is 9.10. The molecule has 4 aromatic carbocycles. The number of ether oxygens (including phenoxy) is 2. The van der Waals surface area contributed by atoms with Crippen LogP contribution >= 0.6 is 15.9 Å². The molecule has 4 fully saturated rings. The average Bonchev–Trinajstić information content (AvgIpc) is 3.19. The van der Waals surface area contributed by atoms with Crippen molar-refractivity contribution in [3.63, 3.8) is 0 Å². The second-order valence-electron chi connectivity index (χ2n) is 21.5. The Morgan fingerprint density at radius 3 is 1.20 bits per heavy atom. The van der Waals surface area contributed by atoms with Gasteiger partial charge in [-0.25, -0.2) is 18.4 Å². The van der Waals surface area contributed by atoms with Crippen molar-refractivity contribution in [2.24, 2.45) is 10.8 Å². The summed E-state index contributed by atoms with van der Waals surface area (Å²) >= 11 is 3.46. The van der Waals surface area contributed by atoms with Gasteiger partial charge in [0.1, 0.15) is 57.8 Å². The molecule has 8 rings (SSSR count). The van der Waals surface area contributed by atoms with Crippen LogP contribution in [-0.2, 0) is 28.7 Å². The smallest absolute Gasteiger partial charge is 0.444 e. The van der Waals surface area contributed by atoms with Crippen LogP contribution in [0, 0.1) is 50.2 Å². The molecule has 4 aliphatic rings. The van der Waals surface area contributed by atoms with E-state index in [-0.39, 0.29) is 53.7 Å². The molecule has 2 saturated heterocycles. The van der Waals surface area contributed by atoms with Gasteiger partial charge in [0, 0.05) is 67.2 Å². The van der Waals surface area contributed by atoms with Crippen LogP contribution in [0.4, 0.5) is 18.4 Å². The second-order valence-corrected chi connectivity index (χ2v) is 22.4. The Morgan fingerprint density at radius 2 is 0.886 bits per heavy atom. The van der Waals surface area contributed by atoms with Crippen molar-refractivity contribution >= 4 is 63.8 Å². The van der Waals surface area contributed by atoms with Crippen molar-refractivity contribution in [1.29, 1.82) is 0 Å². The Labute approximate surface area is 417 Å². The zero-order chi connectivity index (χ0) is 51.8. The molecule has 16 heteroatoms. The number of hydrogen-bond donors (Lipinski definition) is 2. The number of halogens is 3. The second kappa shape index (κ2) is 20.6.